The van der Waals surface area contributed by atoms with Crippen molar-refractivity contribution in [3.05, 3.63) is 23.8 Å². The van der Waals surface area contributed by atoms with Gasteiger partial charge in [-0.1, -0.05) is 12.8 Å². The Hall–Kier alpha value is -1.85. The normalized spacial score (nSPS) is 16.0. The fourth-order valence-corrected chi connectivity index (χ4v) is 2.15. The first kappa shape index (κ1) is 13.6. The monoisotopic (exact) mass is 269 g/mol. The first-order valence-electron chi connectivity index (χ1n) is 6.39. The van der Waals surface area contributed by atoms with Gasteiger partial charge in [-0.2, -0.15) is 0 Å². The van der Waals surface area contributed by atoms with Crippen molar-refractivity contribution >= 4 is 17.4 Å². The Bertz CT molecular complexity index is 471. The summed E-state index contributed by atoms with van der Waals surface area (Å²) in [5, 5.41) is 2.36. The Morgan fingerprint density at radius 1 is 1.16 bits per heavy atom. The minimum absolute atomic E-state index is 0.0158. The molecule has 0 aromatic heterocycles. The van der Waals surface area contributed by atoms with Crippen LogP contribution in [-0.2, 0) is 0 Å². The fourth-order valence-electron chi connectivity index (χ4n) is 2.15. The highest BCUT2D eigenvalue weighted by Gasteiger charge is 2.19. The molecule has 6 heteroatoms. The molecule has 0 aliphatic carbocycles. The van der Waals surface area contributed by atoms with Crippen LogP contribution in [-0.4, -0.2) is 24.0 Å². The molecule has 1 aromatic rings. The molecule has 0 bridgehead atoms. The van der Waals surface area contributed by atoms with E-state index >= 15 is 0 Å². The summed E-state index contributed by atoms with van der Waals surface area (Å²) < 4.78 is 26.7. The van der Waals surface area contributed by atoms with Crippen LogP contribution in [0.5, 0.6) is 0 Å². The highest BCUT2D eigenvalue weighted by atomic mass is 19.2. The van der Waals surface area contributed by atoms with E-state index in [4.69, 9.17) is 5.73 Å². The van der Waals surface area contributed by atoms with E-state index in [0.717, 1.165) is 31.7 Å². The maximum absolute atomic E-state index is 13.6. The van der Waals surface area contributed by atoms with Gasteiger partial charge < -0.3 is 16.0 Å². The second-order valence-corrected chi connectivity index (χ2v) is 4.66. The lowest BCUT2D eigenvalue weighted by molar-refractivity contribution is 0.213. The van der Waals surface area contributed by atoms with Crippen molar-refractivity contribution in [2.45, 2.75) is 25.7 Å². The van der Waals surface area contributed by atoms with Crippen molar-refractivity contribution in [1.29, 1.82) is 0 Å². The Morgan fingerprint density at radius 3 is 2.42 bits per heavy atom. The molecule has 2 rings (SSSR count). The van der Waals surface area contributed by atoms with E-state index in [1.54, 1.807) is 4.90 Å². The van der Waals surface area contributed by atoms with Gasteiger partial charge in [0.05, 0.1) is 5.69 Å². The number of urea groups is 1. The van der Waals surface area contributed by atoms with E-state index in [0.29, 0.717) is 13.1 Å². The predicted molar refractivity (Wildman–Crippen MR) is 69.8 cm³/mol. The number of amides is 2. The Labute approximate surface area is 110 Å². The molecule has 3 N–H and O–H groups in total. The molecule has 1 aromatic carbocycles. The van der Waals surface area contributed by atoms with Crippen LogP contribution in [0.15, 0.2) is 12.1 Å². The molecule has 1 heterocycles. The van der Waals surface area contributed by atoms with E-state index in [2.05, 4.69) is 5.32 Å². The number of halogens is 2. The van der Waals surface area contributed by atoms with Gasteiger partial charge >= 0.3 is 6.03 Å². The van der Waals surface area contributed by atoms with Crippen molar-refractivity contribution in [2.24, 2.45) is 0 Å². The van der Waals surface area contributed by atoms with Crippen molar-refractivity contribution in [2.75, 3.05) is 24.1 Å². The zero-order chi connectivity index (χ0) is 13.8. The third-order valence-electron chi connectivity index (χ3n) is 3.25. The summed E-state index contributed by atoms with van der Waals surface area (Å²) in [4.78, 5) is 13.6. The molecule has 1 fully saturated rings. The van der Waals surface area contributed by atoms with Crippen LogP contribution in [0, 0.1) is 11.6 Å². The number of hydrogen-bond donors (Lipinski definition) is 2. The molecule has 0 atom stereocenters. The molecular formula is C13H17F2N3O. The summed E-state index contributed by atoms with van der Waals surface area (Å²) in [7, 11) is 0. The van der Waals surface area contributed by atoms with Gasteiger partial charge in [0, 0.05) is 13.1 Å². The van der Waals surface area contributed by atoms with E-state index in [1.807, 2.05) is 0 Å². The lowest BCUT2D eigenvalue weighted by Crippen LogP contribution is -2.36. The number of likely N-dealkylation sites (tertiary alicyclic amines) is 1. The third kappa shape index (κ3) is 3.13. The number of nitrogens with two attached hydrogens (primary N) is 1. The SMILES string of the molecule is Nc1ccc(F)c(F)c1NC(=O)N1CCCCCC1. The number of nitrogens with zero attached hydrogens (tertiary/aromatic N) is 1. The van der Waals surface area contributed by atoms with Gasteiger partial charge in [-0.25, -0.2) is 13.6 Å². The maximum atomic E-state index is 13.6. The van der Waals surface area contributed by atoms with Crippen LogP contribution in [0.4, 0.5) is 25.0 Å². The lowest BCUT2D eigenvalue weighted by Gasteiger charge is -2.21. The molecule has 2 amide bonds. The highest BCUT2D eigenvalue weighted by molar-refractivity contribution is 5.92. The van der Waals surface area contributed by atoms with Crippen LogP contribution < -0.4 is 11.1 Å². The Morgan fingerprint density at radius 2 is 1.79 bits per heavy atom. The summed E-state index contributed by atoms with van der Waals surface area (Å²) in [5.41, 5.74) is 5.29. The number of hydrogen-bond acceptors (Lipinski definition) is 2. The number of carbonyl (C=O) groups excluding carboxylic acids is 1. The lowest BCUT2D eigenvalue weighted by atomic mass is 10.2. The number of nitrogen functional groups attached to an aromatic ring is 1. The van der Waals surface area contributed by atoms with Gasteiger partial charge in [0.25, 0.3) is 0 Å². The summed E-state index contributed by atoms with van der Waals surface area (Å²) in [6.07, 6.45) is 4.02. The number of benzene rings is 1. The van der Waals surface area contributed by atoms with Crippen LogP contribution in [0.1, 0.15) is 25.7 Å². The average molecular weight is 269 g/mol. The second kappa shape index (κ2) is 5.86. The molecule has 0 radical (unpaired) electrons. The van der Waals surface area contributed by atoms with Crippen LogP contribution in [0.3, 0.4) is 0 Å². The number of nitrogens with one attached hydrogen (secondary N) is 1. The van der Waals surface area contributed by atoms with Gasteiger partial charge in [0.2, 0.25) is 0 Å². The zero-order valence-electron chi connectivity index (χ0n) is 10.6. The molecular weight excluding hydrogens is 252 g/mol. The van der Waals surface area contributed by atoms with Gasteiger partial charge in [-0.15, -0.1) is 0 Å². The van der Waals surface area contributed by atoms with Crippen LogP contribution >= 0.6 is 0 Å². The smallest absolute Gasteiger partial charge is 0.321 e. The minimum atomic E-state index is -1.12. The molecule has 104 valence electrons. The molecule has 4 nitrogen and oxygen atoms in total. The number of anilines is 2. The first-order chi connectivity index (χ1) is 9.09. The summed E-state index contributed by atoms with van der Waals surface area (Å²) in [6.45, 7) is 1.26. The molecule has 1 aliphatic heterocycles. The second-order valence-electron chi connectivity index (χ2n) is 4.66. The summed E-state index contributed by atoms with van der Waals surface area (Å²) in [6, 6.07) is 1.74. The van der Waals surface area contributed by atoms with Gasteiger partial charge in [0.1, 0.15) is 5.69 Å². The van der Waals surface area contributed by atoms with E-state index in [-0.39, 0.29) is 11.4 Å². The molecule has 0 saturated carbocycles. The van der Waals surface area contributed by atoms with Crippen LogP contribution in [0.25, 0.3) is 0 Å². The topological polar surface area (TPSA) is 58.4 Å². The van der Waals surface area contributed by atoms with Crippen molar-refractivity contribution < 1.29 is 13.6 Å². The maximum Gasteiger partial charge on any atom is 0.321 e. The standard InChI is InChI=1S/C13H17F2N3O/c14-9-5-6-10(16)12(11(9)15)17-13(19)18-7-3-1-2-4-8-18/h5-6H,1-4,7-8,16H2,(H,17,19). The van der Waals surface area contributed by atoms with E-state index in [1.165, 1.54) is 6.07 Å². The summed E-state index contributed by atoms with van der Waals surface area (Å²) in [5.74, 6) is -2.15. The van der Waals surface area contributed by atoms with E-state index in [9.17, 15) is 13.6 Å². The fraction of sp³-hybridized carbons (Fsp3) is 0.462. The average Bonchev–Trinajstić information content (AvgIpc) is 2.68. The molecule has 1 aliphatic rings. The van der Waals surface area contributed by atoms with Gasteiger partial charge in [0.15, 0.2) is 11.6 Å². The third-order valence-corrected chi connectivity index (χ3v) is 3.25. The van der Waals surface area contributed by atoms with Crippen molar-refractivity contribution in [3.8, 4) is 0 Å². The quantitative estimate of drug-likeness (QED) is 0.770. The van der Waals surface area contributed by atoms with Gasteiger partial charge in [-0.05, 0) is 25.0 Å². The Kier molecular flexibility index (Phi) is 4.19. The Balaban J connectivity index is 2.12. The van der Waals surface area contributed by atoms with Crippen molar-refractivity contribution in [3.63, 3.8) is 0 Å². The molecule has 19 heavy (non-hydrogen) atoms. The largest absolute Gasteiger partial charge is 0.397 e. The molecule has 1 saturated heterocycles. The summed E-state index contributed by atoms with van der Waals surface area (Å²) >= 11 is 0. The minimum Gasteiger partial charge on any atom is -0.397 e. The molecule has 0 unspecified atom stereocenters. The zero-order valence-corrected chi connectivity index (χ0v) is 10.6. The highest BCUT2D eigenvalue weighted by Crippen LogP contribution is 2.25. The number of carbonyl (C=O) groups is 1. The predicted octanol–water partition coefficient (Wildman–Crippen LogP) is 2.95. The van der Waals surface area contributed by atoms with E-state index < -0.39 is 17.7 Å². The number of rotatable bonds is 1. The molecule has 0 spiro atoms. The van der Waals surface area contributed by atoms with Crippen molar-refractivity contribution in [1.82, 2.24) is 4.90 Å². The van der Waals surface area contributed by atoms with Gasteiger partial charge in [-0.3, -0.25) is 0 Å². The van der Waals surface area contributed by atoms with Crippen LogP contribution in [0.2, 0.25) is 0 Å². The first-order valence-corrected chi connectivity index (χ1v) is 6.39.